The molecule has 30 heavy (non-hydrogen) atoms. The summed E-state index contributed by atoms with van der Waals surface area (Å²) in [7, 11) is 4.06. The van der Waals surface area contributed by atoms with Crippen LogP contribution in [0.4, 0.5) is 11.8 Å². The molecule has 0 atom stereocenters. The largest absolute Gasteiger partial charge is 0.362 e. The van der Waals surface area contributed by atoms with Gasteiger partial charge in [-0.25, -0.2) is 4.98 Å². The fraction of sp³-hybridized carbons (Fsp3) is 0.417. The molecule has 0 unspecified atom stereocenters. The fourth-order valence-electron chi connectivity index (χ4n) is 4.16. The van der Waals surface area contributed by atoms with Crippen molar-refractivity contribution in [2.45, 2.75) is 44.2 Å². The maximum Gasteiger partial charge on any atom is 0.225 e. The summed E-state index contributed by atoms with van der Waals surface area (Å²) in [6, 6.07) is 17.9. The quantitative estimate of drug-likeness (QED) is 0.511. The van der Waals surface area contributed by atoms with E-state index in [1.165, 1.54) is 18.4 Å². The SMILES string of the molecule is CN(C)c1nc(N[C@H]2CC[C@@H](NCCc3ccc(Br)cc3)CC2)nc2ccccc12. The van der Waals surface area contributed by atoms with Crippen LogP contribution < -0.4 is 15.5 Å². The van der Waals surface area contributed by atoms with E-state index in [-0.39, 0.29) is 0 Å². The molecule has 158 valence electrons. The Hall–Kier alpha value is -2.18. The molecule has 1 fully saturated rings. The molecule has 4 rings (SSSR count). The lowest BCUT2D eigenvalue weighted by atomic mass is 9.91. The van der Waals surface area contributed by atoms with Crippen molar-refractivity contribution in [2.24, 2.45) is 0 Å². The van der Waals surface area contributed by atoms with Crippen LogP contribution in [0.5, 0.6) is 0 Å². The van der Waals surface area contributed by atoms with Gasteiger partial charge in [-0.05, 0) is 68.5 Å². The second-order valence-corrected chi connectivity index (χ2v) is 9.22. The van der Waals surface area contributed by atoms with Gasteiger partial charge in [0.15, 0.2) is 0 Å². The number of anilines is 2. The van der Waals surface area contributed by atoms with Gasteiger partial charge in [-0.3, -0.25) is 0 Å². The van der Waals surface area contributed by atoms with Crippen LogP contribution in [0.25, 0.3) is 10.9 Å². The highest BCUT2D eigenvalue weighted by atomic mass is 79.9. The average molecular weight is 468 g/mol. The molecule has 3 aromatic rings. The first-order valence-electron chi connectivity index (χ1n) is 10.8. The van der Waals surface area contributed by atoms with Crippen molar-refractivity contribution in [1.29, 1.82) is 0 Å². The lowest BCUT2D eigenvalue weighted by molar-refractivity contribution is 0.355. The molecule has 6 heteroatoms. The predicted molar refractivity (Wildman–Crippen MR) is 129 cm³/mol. The summed E-state index contributed by atoms with van der Waals surface area (Å²) in [5.74, 6) is 1.70. The standard InChI is InChI=1S/C24H30BrN5/c1-30(2)23-21-5-3-4-6-22(21)28-24(29-23)27-20-13-11-19(12-14-20)26-16-15-17-7-9-18(25)10-8-17/h3-10,19-20,26H,11-16H2,1-2H3,(H,27,28,29)/t19-,20+. The van der Waals surface area contributed by atoms with Crippen LogP contribution in [-0.2, 0) is 6.42 Å². The Balaban J connectivity index is 1.29. The molecule has 0 amide bonds. The van der Waals surface area contributed by atoms with Crippen LogP contribution in [-0.4, -0.2) is 42.7 Å². The van der Waals surface area contributed by atoms with Gasteiger partial charge in [0.2, 0.25) is 5.95 Å². The molecule has 1 aliphatic rings. The third-order valence-corrected chi connectivity index (χ3v) is 6.36. The second-order valence-electron chi connectivity index (χ2n) is 8.31. The van der Waals surface area contributed by atoms with Gasteiger partial charge in [0.1, 0.15) is 5.82 Å². The Morgan fingerprint density at radius 2 is 1.63 bits per heavy atom. The number of hydrogen-bond acceptors (Lipinski definition) is 5. The zero-order chi connectivity index (χ0) is 20.9. The molecule has 1 aliphatic carbocycles. The normalized spacial score (nSPS) is 19.0. The third-order valence-electron chi connectivity index (χ3n) is 5.83. The highest BCUT2D eigenvalue weighted by Gasteiger charge is 2.22. The highest BCUT2D eigenvalue weighted by molar-refractivity contribution is 9.10. The molecule has 0 spiro atoms. The Labute approximate surface area is 187 Å². The molecule has 0 saturated heterocycles. The number of benzene rings is 2. The summed E-state index contributed by atoms with van der Waals surface area (Å²) in [6.07, 6.45) is 5.73. The van der Waals surface area contributed by atoms with Crippen LogP contribution in [0.1, 0.15) is 31.2 Å². The van der Waals surface area contributed by atoms with Crippen molar-refractivity contribution in [3.05, 3.63) is 58.6 Å². The topological polar surface area (TPSA) is 53.1 Å². The first-order chi connectivity index (χ1) is 14.6. The van der Waals surface area contributed by atoms with Gasteiger partial charge < -0.3 is 15.5 Å². The van der Waals surface area contributed by atoms with Crippen molar-refractivity contribution in [2.75, 3.05) is 30.9 Å². The summed E-state index contributed by atoms with van der Waals surface area (Å²) in [4.78, 5) is 11.6. The minimum absolute atomic E-state index is 0.436. The molecule has 0 bridgehead atoms. The molecular weight excluding hydrogens is 438 g/mol. The molecule has 2 aromatic carbocycles. The zero-order valence-electron chi connectivity index (χ0n) is 17.7. The lowest BCUT2D eigenvalue weighted by Crippen LogP contribution is -2.38. The van der Waals surface area contributed by atoms with E-state index in [0.717, 1.165) is 52.9 Å². The van der Waals surface area contributed by atoms with Crippen LogP contribution in [0.3, 0.4) is 0 Å². The zero-order valence-corrected chi connectivity index (χ0v) is 19.3. The number of nitrogens with zero attached hydrogens (tertiary/aromatic N) is 3. The second kappa shape index (κ2) is 9.75. The number of para-hydroxylation sites is 1. The van der Waals surface area contributed by atoms with E-state index in [1.807, 2.05) is 26.2 Å². The number of fused-ring (bicyclic) bond motifs is 1. The van der Waals surface area contributed by atoms with Crippen molar-refractivity contribution in [1.82, 2.24) is 15.3 Å². The fourth-order valence-corrected chi connectivity index (χ4v) is 4.43. The molecular formula is C24H30BrN5. The number of hydrogen-bond donors (Lipinski definition) is 2. The smallest absolute Gasteiger partial charge is 0.225 e. The van der Waals surface area contributed by atoms with E-state index in [2.05, 4.69) is 67.9 Å². The Morgan fingerprint density at radius 1 is 0.933 bits per heavy atom. The van der Waals surface area contributed by atoms with Gasteiger partial charge in [0, 0.05) is 36.0 Å². The van der Waals surface area contributed by atoms with E-state index in [9.17, 15) is 0 Å². The van der Waals surface area contributed by atoms with E-state index < -0.39 is 0 Å². The molecule has 5 nitrogen and oxygen atoms in total. The van der Waals surface area contributed by atoms with Gasteiger partial charge in [-0.2, -0.15) is 4.98 Å². The lowest BCUT2D eigenvalue weighted by Gasteiger charge is -2.30. The average Bonchev–Trinajstić information content (AvgIpc) is 2.76. The number of nitrogens with one attached hydrogen (secondary N) is 2. The van der Waals surface area contributed by atoms with E-state index in [0.29, 0.717) is 12.1 Å². The molecule has 1 heterocycles. The van der Waals surface area contributed by atoms with Crippen molar-refractivity contribution >= 4 is 38.6 Å². The Kier molecular flexibility index (Phi) is 6.85. The van der Waals surface area contributed by atoms with Crippen molar-refractivity contribution in [3.8, 4) is 0 Å². The summed E-state index contributed by atoms with van der Waals surface area (Å²) in [5, 5.41) is 8.42. The first-order valence-corrected chi connectivity index (χ1v) is 11.6. The summed E-state index contributed by atoms with van der Waals surface area (Å²) in [5.41, 5.74) is 2.37. The van der Waals surface area contributed by atoms with E-state index >= 15 is 0 Å². The van der Waals surface area contributed by atoms with Crippen molar-refractivity contribution in [3.63, 3.8) is 0 Å². The van der Waals surface area contributed by atoms with E-state index in [4.69, 9.17) is 9.97 Å². The maximum absolute atomic E-state index is 4.79. The summed E-state index contributed by atoms with van der Waals surface area (Å²) < 4.78 is 1.14. The number of halogens is 1. The molecule has 1 saturated carbocycles. The van der Waals surface area contributed by atoms with Gasteiger partial charge in [0.25, 0.3) is 0 Å². The summed E-state index contributed by atoms with van der Waals surface area (Å²) in [6.45, 7) is 1.03. The Bertz CT molecular complexity index is 965. The van der Waals surface area contributed by atoms with Crippen LogP contribution in [0, 0.1) is 0 Å². The monoisotopic (exact) mass is 467 g/mol. The van der Waals surface area contributed by atoms with Crippen LogP contribution >= 0.6 is 15.9 Å². The molecule has 2 N–H and O–H groups in total. The molecule has 1 aromatic heterocycles. The minimum atomic E-state index is 0.436. The first kappa shape index (κ1) is 21.1. The van der Waals surface area contributed by atoms with Crippen LogP contribution in [0.15, 0.2) is 53.0 Å². The van der Waals surface area contributed by atoms with Gasteiger partial charge in [-0.15, -0.1) is 0 Å². The number of aromatic nitrogens is 2. The van der Waals surface area contributed by atoms with Crippen molar-refractivity contribution < 1.29 is 0 Å². The summed E-state index contributed by atoms with van der Waals surface area (Å²) >= 11 is 3.50. The number of rotatable bonds is 7. The maximum atomic E-state index is 4.79. The molecule has 0 aliphatic heterocycles. The van der Waals surface area contributed by atoms with Gasteiger partial charge in [-0.1, -0.05) is 40.2 Å². The molecule has 0 radical (unpaired) electrons. The highest BCUT2D eigenvalue weighted by Crippen LogP contribution is 2.26. The minimum Gasteiger partial charge on any atom is -0.362 e. The van der Waals surface area contributed by atoms with E-state index in [1.54, 1.807) is 0 Å². The van der Waals surface area contributed by atoms with Gasteiger partial charge >= 0.3 is 0 Å². The van der Waals surface area contributed by atoms with Crippen LogP contribution in [0.2, 0.25) is 0 Å². The Morgan fingerprint density at radius 3 is 2.37 bits per heavy atom. The predicted octanol–water partition coefficient (Wildman–Crippen LogP) is 5.01. The third kappa shape index (κ3) is 5.29. The van der Waals surface area contributed by atoms with Gasteiger partial charge in [0.05, 0.1) is 5.52 Å².